The van der Waals surface area contributed by atoms with Crippen LogP contribution in [0.25, 0.3) is 6.08 Å². The average Bonchev–Trinajstić information content (AvgIpc) is 2.34. The number of nitrogens with zero attached hydrogens (tertiary/aromatic N) is 1. The van der Waals surface area contributed by atoms with Crippen LogP contribution < -0.4 is 4.74 Å². The molecule has 0 fully saturated rings. The number of nitro groups is 1. The second kappa shape index (κ2) is 6.75. The van der Waals surface area contributed by atoms with Gasteiger partial charge in [-0.05, 0) is 18.2 Å². The Hall–Kier alpha value is -2.08. The molecule has 6 nitrogen and oxygen atoms in total. The van der Waals surface area contributed by atoms with Gasteiger partial charge in [-0.1, -0.05) is 18.5 Å². The van der Waals surface area contributed by atoms with E-state index < -0.39 is 17.5 Å². The first-order chi connectivity index (χ1) is 8.93. The number of carboxylic acid groups (broad SMARTS) is 1. The molecule has 0 unspecified atom stereocenters. The van der Waals surface area contributed by atoms with Gasteiger partial charge in [0.1, 0.15) is 5.75 Å². The Morgan fingerprint density at radius 2 is 2.26 bits per heavy atom. The molecule has 102 valence electrons. The molecule has 0 atom stereocenters. The minimum absolute atomic E-state index is 0.0116. The SMILES string of the molecule is CC/C(=C\c1cc(Cl)ccc1OCC(=O)O)[N+](=O)[O-]. The molecule has 0 aliphatic rings. The summed E-state index contributed by atoms with van der Waals surface area (Å²) in [5.41, 5.74) is 0.366. The van der Waals surface area contributed by atoms with E-state index in [9.17, 15) is 14.9 Å². The maximum Gasteiger partial charge on any atom is 0.341 e. The molecule has 0 saturated heterocycles. The van der Waals surface area contributed by atoms with E-state index in [1.807, 2.05) is 0 Å². The van der Waals surface area contributed by atoms with Gasteiger partial charge < -0.3 is 9.84 Å². The van der Waals surface area contributed by atoms with Gasteiger partial charge in [-0.3, -0.25) is 10.1 Å². The van der Waals surface area contributed by atoms with Crippen molar-refractivity contribution < 1.29 is 19.6 Å². The van der Waals surface area contributed by atoms with Crippen molar-refractivity contribution in [3.63, 3.8) is 0 Å². The molecule has 0 amide bonds. The number of aliphatic carboxylic acids is 1. The third-order valence-electron chi connectivity index (χ3n) is 2.24. The van der Waals surface area contributed by atoms with Gasteiger partial charge in [0.15, 0.2) is 6.61 Å². The molecule has 0 aromatic heterocycles. The molecule has 0 heterocycles. The van der Waals surface area contributed by atoms with E-state index in [4.69, 9.17) is 21.4 Å². The van der Waals surface area contributed by atoms with E-state index in [2.05, 4.69) is 0 Å². The number of carboxylic acids is 1. The molecule has 19 heavy (non-hydrogen) atoms. The monoisotopic (exact) mass is 285 g/mol. The van der Waals surface area contributed by atoms with E-state index in [0.717, 1.165) is 0 Å². The van der Waals surface area contributed by atoms with Gasteiger partial charge in [-0.25, -0.2) is 4.79 Å². The number of carbonyl (C=O) groups is 1. The zero-order chi connectivity index (χ0) is 14.4. The van der Waals surface area contributed by atoms with Crippen molar-refractivity contribution in [2.24, 2.45) is 0 Å². The van der Waals surface area contributed by atoms with Crippen molar-refractivity contribution in [2.75, 3.05) is 6.61 Å². The average molecular weight is 286 g/mol. The highest BCUT2D eigenvalue weighted by molar-refractivity contribution is 6.30. The molecular weight excluding hydrogens is 274 g/mol. The maximum atomic E-state index is 10.8. The topological polar surface area (TPSA) is 89.7 Å². The fourth-order valence-electron chi connectivity index (χ4n) is 1.37. The minimum atomic E-state index is -1.13. The number of hydrogen-bond donors (Lipinski definition) is 1. The summed E-state index contributed by atoms with van der Waals surface area (Å²) in [7, 11) is 0. The smallest absolute Gasteiger partial charge is 0.341 e. The number of ether oxygens (including phenoxy) is 1. The quantitative estimate of drug-likeness (QED) is 0.641. The van der Waals surface area contributed by atoms with Crippen LogP contribution in [0.5, 0.6) is 5.75 Å². The molecule has 0 spiro atoms. The second-order valence-corrected chi connectivity index (χ2v) is 4.05. The van der Waals surface area contributed by atoms with Gasteiger partial charge in [0.2, 0.25) is 5.70 Å². The van der Waals surface area contributed by atoms with Crippen LogP contribution in [0.1, 0.15) is 18.9 Å². The third-order valence-corrected chi connectivity index (χ3v) is 2.48. The van der Waals surface area contributed by atoms with Crippen molar-refractivity contribution in [3.8, 4) is 5.75 Å². The Kier molecular flexibility index (Phi) is 5.32. The molecule has 0 radical (unpaired) electrons. The molecule has 0 bridgehead atoms. The number of hydrogen-bond acceptors (Lipinski definition) is 4. The van der Waals surface area contributed by atoms with E-state index in [1.165, 1.54) is 24.3 Å². The second-order valence-electron chi connectivity index (χ2n) is 3.61. The lowest BCUT2D eigenvalue weighted by atomic mass is 10.1. The Morgan fingerprint density at radius 3 is 2.79 bits per heavy atom. The summed E-state index contributed by atoms with van der Waals surface area (Å²) >= 11 is 5.81. The summed E-state index contributed by atoms with van der Waals surface area (Å²) in [5.74, 6) is -0.894. The normalized spacial score (nSPS) is 11.2. The van der Waals surface area contributed by atoms with Crippen LogP contribution in [-0.4, -0.2) is 22.6 Å². The largest absolute Gasteiger partial charge is 0.481 e. The van der Waals surface area contributed by atoms with Crippen LogP contribution in [0, 0.1) is 10.1 Å². The fraction of sp³-hybridized carbons (Fsp3) is 0.250. The summed E-state index contributed by atoms with van der Waals surface area (Å²) in [4.78, 5) is 20.7. The van der Waals surface area contributed by atoms with Crippen molar-refractivity contribution in [1.29, 1.82) is 0 Å². The lowest BCUT2D eigenvalue weighted by Gasteiger charge is -2.07. The first-order valence-corrected chi connectivity index (χ1v) is 5.81. The molecule has 0 saturated carbocycles. The Bertz CT molecular complexity index is 527. The Morgan fingerprint density at radius 1 is 1.58 bits per heavy atom. The van der Waals surface area contributed by atoms with Crippen molar-refractivity contribution >= 4 is 23.6 Å². The van der Waals surface area contributed by atoms with E-state index in [0.29, 0.717) is 10.6 Å². The Labute approximate surface area is 114 Å². The summed E-state index contributed by atoms with van der Waals surface area (Å²) in [5, 5.41) is 19.7. The van der Waals surface area contributed by atoms with Crippen LogP contribution in [0.15, 0.2) is 23.9 Å². The van der Waals surface area contributed by atoms with Crippen LogP contribution >= 0.6 is 11.6 Å². The zero-order valence-electron chi connectivity index (χ0n) is 10.1. The highest BCUT2D eigenvalue weighted by atomic mass is 35.5. The number of rotatable bonds is 6. The summed E-state index contributed by atoms with van der Waals surface area (Å²) in [6.07, 6.45) is 1.56. The van der Waals surface area contributed by atoms with Crippen molar-refractivity contribution in [3.05, 3.63) is 44.6 Å². The van der Waals surface area contributed by atoms with Crippen LogP contribution in [0.4, 0.5) is 0 Å². The third kappa shape index (κ3) is 4.59. The van der Waals surface area contributed by atoms with E-state index in [1.54, 1.807) is 6.92 Å². The van der Waals surface area contributed by atoms with Crippen LogP contribution in [0.2, 0.25) is 5.02 Å². The van der Waals surface area contributed by atoms with E-state index in [-0.39, 0.29) is 17.9 Å². The molecule has 0 aliphatic heterocycles. The fourth-order valence-corrected chi connectivity index (χ4v) is 1.55. The molecule has 1 N–H and O–H groups in total. The minimum Gasteiger partial charge on any atom is -0.481 e. The maximum absolute atomic E-state index is 10.8. The van der Waals surface area contributed by atoms with Gasteiger partial charge >= 0.3 is 5.97 Å². The molecule has 1 aromatic rings. The number of allylic oxidation sites excluding steroid dienone is 1. The van der Waals surface area contributed by atoms with Gasteiger partial charge in [0.05, 0.1) is 4.92 Å². The summed E-state index contributed by atoms with van der Waals surface area (Å²) in [6.45, 7) is 1.12. The molecular formula is C12H12ClNO5. The Balaban J connectivity index is 3.12. The van der Waals surface area contributed by atoms with Crippen LogP contribution in [-0.2, 0) is 4.79 Å². The van der Waals surface area contributed by atoms with Gasteiger partial charge in [0, 0.05) is 23.1 Å². The first kappa shape index (κ1) is 15.0. The lowest BCUT2D eigenvalue weighted by molar-refractivity contribution is -0.425. The lowest BCUT2D eigenvalue weighted by Crippen LogP contribution is -2.10. The zero-order valence-corrected chi connectivity index (χ0v) is 10.9. The van der Waals surface area contributed by atoms with Gasteiger partial charge in [-0.15, -0.1) is 0 Å². The molecule has 1 rings (SSSR count). The number of benzene rings is 1. The molecule has 1 aromatic carbocycles. The van der Waals surface area contributed by atoms with Crippen molar-refractivity contribution in [2.45, 2.75) is 13.3 Å². The molecule has 7 heteroatoms. The van der Waals surface area contributed by atoms with Crippen molar-refractivity contribution in [1.82, 2.24) is 0 Å². The predicted octanol–water partition coefficient (Wildman–Crippen LogP) is 2.83. The van der Waals surface area contributed by atoms with Gasteiger partial charge in [-0.2, -0.15) is 0 Å². The highest BCUT2D eigenvalue weighted by Crippen LogP contribution is 2.26. The summed E-state index contributed by atoms with van der Waals surface area (Å²) in [6, 6.07) is 4.48. The summed E-state index contributed by atoms with van der Waals surface area (Å²) < 4.78 is 5.05. The number of halogens is 1. The van der Waals surface area contributed by atoms with E-state index >= 15 is 0 Å². The molecule has 0 aliphatic carbocycles. The standard InChI is InChI=1S/C12H12ClNO5/c1-2-10(14(17)18)6-8-5-9(13)3-4-11(8)19-7-12(15)16/h3-6H,2,7H2,1H3,(H,15,16)/b10-6+. The van der Waals surface area contributed by atoms with Crippen LogP contribution in [0.3, 0.4) is 0 Å². The predicted molar refractivity (Wildman–Crippen MR) is 69.8 cm³/mol. The highest BCUT2D eigenvalue weighted by Gasteiger charge is 2.11. The first-order valence-electron chi connectivity index (χ1n) is 5.43. The van der Waals surface area contributed by atoms with Gasteiger partial charge in [0.25, 0.3) is 0 Å².